The number of nitrogens with one attached hydrogen (secondary N) is 2. The van der Waals surface area contributed by atoms with Crippen LogP contribution in [0.2, 0.25) is 0 Å². The van der Waals surface area contributed by atoms with Crippen LogP contribution in [0.1, 0.15) is 31.2 Å². The van der Waals surface area contributed by atoms with Crippen molar-refractivity contribution in [2.24, 2.45) is 0 Å². The lowest BCUT2D eigenvalue weighted by Gasteiger charge is -2.18. The lowest BCUT2D eigenvalue weighted by Crippen LogP contribution is -2.35. The Bertz CT molecular complexity index is 442. The van der Waals surface area contributed by atoms with E-state index in [0.29, 0.717) is 6.42 Å². The molecule has 2 N–H and O–H groups in total. The van der Waals surface area contributed by atoms with Crippen molar-refractivity contribution in [1.82, 2.24) is 10.6 Å². The monoisotopic (exact) mass is 262 g/mol. The van der Waals surface area contributed by atoms with Crippen molar-refractivity contribution in [2.45, 2.75) is 31.2 Å². The van der Waals surface area contributed by atoms with Crippen molar-refractivity contribution in [2.75, 3.05) is 20.7 Å². The molecule has 0 heterocycles. The maximum atomic E-state index is 11.9. The summed E-state index contributed by atoms with van der Waals surface area (Å²) in [6.07, 6.45) is 3.47. The number of amides is 1. The van der Waals surface area contributed by atoms with Gasteiger partial charge in [-0.15, -0.1) is 0 Å². The summed E-state index contributed by atoms with van der Waals surface area (Å²) in [4.78, 5) is 11.9. The number of hydrogen-bond acceptors (Lipinski definition) is 3. The Labute approximate surface area is 114 Å². The minimum absolute atomic E-state index is 0.135. The van der Waals surface area contributed by atoms with Gasteiger partial charge in [0.2, 0.25) is 5.91 Å². The van der Waals surface area contributed by atoms with E-state index in [-0.39, 0.29) is 11.4 Å². The van der Waals surface area contributed by atoms with Crippen LogP contribution < -0.4 is 15.4 Å². The van der Waals surface area contributed by atoms with Crippen LogP contribution in [0.4, 0.5) is 0 Å². The third-order valence-corrected chi connectivity index (χ3v) is 3.58. The van der Waals surface area contributed by atoms with Gasteiger partial charge in [0.1, 0.15) is 5.75 Å². The van der Waals surface area contributed by atoms with Gasteiger partial charge < -0.3 is 15.4 Å². The van der Waals surface area contributed by atoms with Gasteiger partial charge in [0.15, 0.2) is 0 Å². The first-order valence-electron chi connectivity index (χ1n) is 6.80. The van der Waals surface area contributed by atoms with E-state index in [4.69, 9.17) is 4.74 Å². The summed E-state index contributed by atoms with van der Waals surface area (Å²) in [6.45, 7) is 0.875. The summed E-state index contributed by atoms with van der Waals surface area (Å²) in [7, 11) is 3.56. The van der Waals surface area contributed by atoms with Crippen molar-refractivity contribution < 1.29 is 9.53 Å². The number of carbonyl (C=O) groups is 1. The molecule has 0 unspecified atom stereocenters. The standard InChI is InChI=1S/C15H22N2O2/c1-16-10-4-7-14(18)17-15(8-9-15)12-5-3-6-13(11-12)19-2/h3,5-6,11,16H,4,7-10H2,1-2H3,(H,17,18). The minimum Gasteiger partial charge on any atom is -0.497 e. The Balaban J connectivity index is 1.96. The van der Waals surface area contributed by atoms with E-state index in [0.717, 1.165) is 37.1 Å². The number of methoxy groups -OCH3 is 1. The van der Waals surface area contributed by atoms with Crippen LogP contribution in [0.15, 0.2) is 24.3 Å². The fourth-order valence-electron chi connectivity index (χ4n) is 2.29. The quantitative estimate of drug-likeness (QED) is 0.737. The van der Waals surface area contributed by atoms with Gasteiger partial charge in [-0.25, -0.2) is 0 Å². The van der Waals surface area contributed by atoms with E-state index >= 15 is 0 Å². The van der Waals surface area contributed by atoms with Crippen LogP contribution in [0.5, 0.6) is 5.75 Å². The van der Waals surface area contributed by atoms with Gasteiger partial charge in [-0.3, -0.25) is 4.79 Å². The highest BCUT2D eigenvalue weighted by Gasteiger charge is 2.45. The zero-order valence-corrected chi connectivity index (χ0v) is 11.7. The van der Waals surface area contributed by atoms with Gasteiger partial charge in [-0.1, -0.05) is 12.1 Å². The number of hydrogen-bond donors (Lipinski definition) is 2. The SMILES string of the molecule is CNCCCC(=O)NC1(c2cccc(OC)c2)CC1. The van der Waals surface area contributed by atoms with Crippen molar-refractivity contribution in [3.8, 4) is 5.75 Å². The van der Waals surface area contributed by atoms with Crippen molar-refractivity contribution in [1.29, 1.82) is 0 Å². The predicted molar refractivity (Wildman–Crippen MR) is 75.2 cm³/mol. The number of ether oxygens (including phenoxy) is 1. The normalized spacial score (nSPS) is 15.9. The molecule has 0 radical (unpaired) electrons. The van der Waals surface area contributed by atoms with Crippen LogP contribution in [-0.4, -0.2) is 26.6 Å². The molecular weight excluding hydrogens is 240 g/mol. The van der Waals surface area contributed by atoms with E-state index < -0.39 is 0 Å². The minimum atomic E-state index is -0.148. The molecule has 0 atom stereocenters. The molecule has 0 spiro atoms. The van der Waals surface area contributed by atoms with Gasteiger partial charge in [0.05, 0.1) is 12.6 Å². The summed E-state index contributed by atoms with van der Waals surface area (Å²) in [6, 6.07) is 7.97. The molecule has 19 heavy (non-hydrogen) atoms. The van der Waals surface area contributed by atoms with Gasteiger partial charge >= 0.3 is 0 Å². The first kappa shape index (κ1) is 13.9. The summed E-state index contributed by atoms with van der Waals surface area (Å²) in [5, 5.41) is 6.22. The fourth-order valence-corrected chi connectivity index (χ4v) is 2.29. The average Bonchev–Trinajstić information content (AvgIpc) is 3.20. The molecule has 0 aliphatic heterocycles. The van der Waals surface area contributed by atoms with Crippen LogP contribution in [0, 0.1) is 0 Å². The highest BCUT2D eigenvalue weighted by atomic mass is 16.5. The largest absolute Gasteiger partial charge is 0.497 e. The predicted octanol–water partition coefficient (Wildman–Crippen LogP) is 1.80. The van der Waals surface area contributed by atoms with Crippen LogP contribution in [0.3, 0.4) is 0 Å². The van der Waals surface area contributed by atoms with Crippen LogP contribution in [0.25, 0.3) is 0 Å². The van der Waals surface area contributed by atoms with E-state index in [1.54, 1.807) is 7.11 Å². The lowest BCUT2D eigenvalue weighted by molar-refractivity contribution is -0.122. The molecule has 1 amide bonds. The molecule has 1 aromatic rings. The molecule has 4 nitrogen and oxygen atoms in total. The molecule has 2 rings (SSSR count). The fraction of sp³-hybridized carbons (Fsp3) is 0.533. The molecule has 104 valence electrons. The van der Waals surface area contributed by atoms with Gasteiger partial charge in [0, 0.05) is 6.42 Å². The number of benzene rings is 1. The summed E-state index contributed by atoms with van der Waals surface area (Å²) < 4.78 is 5.24. The lowest BCUT2D eigenvalue weighted by atomic mass is 10.0. The van der Waals surface area contributed by atoms with E-state index in [9.17, 15) is 4.79 Å². The molecular formula is C15H22N2O2. The second-order valence-electron chi connectivity index (χ2n) is 5.07. The second-order valence-corrected chi connectivity index (χ2v) is 5.07. The van der Waals surface area contributed by atoms with Crippen molar-refractivity contribution in [3.05, 3.63) is 29.8 Å². The maximum Gasteiger partial charge on any atom is 0.220 e. The molecule has 0 bridgehead atoms. The number of carbonyl (C=O) groups excluding carboxylic acids is 1. The van der Waals surface area contributed by atoms with Crippen LogP contribution in [-0.2, 0) is 10.3 Å². The zero-order valence-electron chi connectivity index (χ0n) is 11.7. The molecule has 1 aliphatic carbocycles. The van der Waals surface area contributed by atoms with Crippen LogP contribution >= 0.6 is 0 Å². The Morgan fingerprint density at radius 2 is 2.21 bits per heavy atom. The van der Waals surface area contributed by atoms with E-state index in [1.165, 1.54) is 0 Å². The number of rotatable bonds is 7. The van der Waals surface area contributed by atoms with E-state index in [1.807, 2.05) is 25.2 Å². The summed E-state index contributed by atoms with van der Waals surface area (Å²) >= 11 is 0. The topological polar surface area (TPSA) is 50.4 Å². The molecule has 1 fully saturated rings. The van der Waals surface area contributed by atoms with Crippen molar-refractivity contribution in [3.63, 3.8) is 0 Å². The molecule has 1 aliphatic rings. The third-order valence-electron chi connectivity index (χ3n) is 3.58. The Morgan fingerprint density at radius 3 is 2.84 bits per heavy atom. The highest BCUT2D eigenvalue weighted by Crippen LogP contribution is 2.46. The second kappa shape index (κ2) is 6.06. The molecule has 1 aromatic carbocycles. The summed E-state index contributed by atoms with van der Waals surface area (Å²) in [5.74, 6) is 0.976. The highest BCUT2D eigenvalue weighted by molar-refractivity contribution is 5.77. The van der Waals surface area contributed by atoms with Gasteiger partial charge in [-0.2, -0.15) is 0 Å². The molecule has 0 aromatic heterocycles. The molecule has 0 saturated heterocycles. The average molecular weight is 262 g/mol. The summed E-state index contributed by atoms with van der Waals surface area (Å²) in [5.41, 5.74) is 0.999. The molecule has 1 saturated carbocycles. The maximum absolute atomic E-state index is 11.9. The van der Waals surface area contributed by atoms with Crippen molar-refractivity contribution >= 4 is 5.91 Å². The Kier molecular flexibility index (Phi) is 4.43. The Hall–Kier alpha value is -1.55. The Morgan fingerprint density at radius 1 is 1.42 bits per heavy atom. The first-order chi connectivity index (χ1) is 9.20. The zero-order chi connectivity index (χ0) is 13.7. The third kappa shape index (κ3) is 3.47. The van der Waals surface area contributed by atoms with E-state index in [2.05, 4.69) is 16.7 Å². The van der Waals surface area contributed by atoms with Gasteiger partial charge in [0.25, 0.3) is 0 Å². The first-order valence-corrected chi connectivity index (χ1v) is 6.80. The van der Waals surface area contributed by atoms with Gasteiger partial charge in [-0.05, 0) is 50.6 Å². The molecule has 4 heteroatoms. The smallest absolute Gasteiger partial charge is 0.220 e.